The fraction of sp³-hybridized carbons (Fsp3) is 0.207. The van der Waals surface area contributed by atoms with E-state index in [0.717, 1.165) is 68.6 Å². The summed E-state index contributed by atoms with van der Waals surface area (Å²) >= 11 is 3.50. The summed E-state index contributed by atoms with van der Waals surface area (Å²) in [6, 6.07) is 24.6. The Morgan fingerprint density at radius 2 is 1.53 bits per heavy atom. The van der Waals surface area contributed by atoms with Crippen molar-refractivity contribution in [2.24, 2.45) is 5.10 Å². The van der Waals surface area contributed by atoms with Gasteiger partial charge in [-0.1, -0.05) is 83.7 Å². The Balaban J connectivity index is 1.60. The standard InChI is InChI=1S/C29H24BrN3O/c30-22-14-15-27-25(17-22)29(34)33(28(32-27)19-8-2-1-3-9-19)31-18-26-23-12-6-4-10-20(23)16-21-11-5-7-13-24(21)26/h4-7,10-19H,1-3,8-9H2. The zero-order valence-corrected chi connectivity index (χ0v) is 20.3. The van der Waals surface area contributed by atoms with Gasteiger partial charge in [-0.3, -0.25) is 4.79 Å². The van der Waals surface area contributed by atoms with Gasteiger partial charge in [0.2, 0.25) is 0 Å². The largest absolute Gasteiger partial charge is 0.282 e. The van der Waals surface area contributed by atoms with Gasteiger partial charge in [0.05, 0.1) is 17.1 Å². The van der Waals surface area contributed by atoms with Gasteiger partial charge in [0, 0.05) is 16.0 Å². The Morgan fingerprint density at radius 1 is 0.853 bits per heavy atom. The van der Waals surface area contributed by atoms with Crippen molar-refractivity contribution in [1.29, 1.82) is 0 Å². The van der Waals surface area contributed by atoms with Crippen LogP contribution in [0.4, 0.5) is 0 Å². The number of halogens is 1. The van der Waals surface area contributed by atoms with Crippen molar-refractivity contribution in [3.05, 3.63) is 99.0 Å². The highest BCUT2D eigenvalue weighted by Crippen LogP contribution is 2.32. The van der Waals surface area contributed by atoms with Crippen LogP contribution in [0.15, 0.2) is 87.2 Å². The van der Waals surface area contributed by atoms with E-state index in [0.29, 0.717) is 5.39 Å². The van der Waals surface area contributed by atoms with Crippen molar-refractivity contribution in [1.82, 2.24) is 9.66 Å². The van der Waals surface area contributed by atoms with Crippen molar-refractivity contribution in [3.8, 4) is 0 Å². The molecule has 4 nitrogen and oxygen atoms in total. The van der Waals surface area contributed by atoms with E-state index in [1.807, 2.05) is 36.5 Å². The Kier molecular flexibility index (Phi) is 5.50. The molecule has 4 aromatic carbocycles. The van der Waals surface area contributed by atoms with Crippen LogP contribution >= 0.6 is 15.9 Å². The van der Waals surface area contributed by atoms with Crippen molar-refractivity contribution in [2.45, 2.75) is 38.0 Å². The zero-order chi connectivity index (χ0) is 23.1. The normalized spacial score (nSPS) is 15.1. The number of fused-ring (bicyclic) bond motifs is 3. The lowest BCUT2D eigenvalue weighted by atomic mass is 9.88. The van der Waals surface area contributed by atoms with E-state index in [2.05, 4.69) is 58.4 Å². The number of aromatic nitrogens is 2. The third-order valence-corrected chi connectivity index (χ3v) is 7.41. The minimum atomic E-state index is -0.118. The highest BCUT2D eigenvalue weighted by molar-refractivity contribution is 9.10. The first-order valence-corrected chi connectivity index (χ1v) is 12.7. The maximum Gasteiger partial charge on any atom is 0.282 e. The second kappa shape index (κ2) is 8.80. The molecule has 1 aromatic heterocycles. The molecular weight excluding hydrogens is 486 g/mol. The molecule has 0 atom stereocenters. The number of hydrogen-bond acceptors (Lipinski definition) is 3. The van der Waals surface area contributed by atoms with Crippen molar-refractivity contribution < 1.29 is 0 Å². The van der Waals surface area contributed by atoms with Crippen LogP contribution in [0.1, 0.15) is 49.4 Å². The predicted molar refractivity (Wildman–Crippen MR) is 144 cm³/mol. The van der Waals surface area contributed by atoms with E-state index in [1.165, 1.54) is 6.42 Å². The van der Waals surface area contributed by atoms with E-state index in [-0.39, 0.29) is 11.5 Å². The molecule has 5 heteroatoms. The van der Waals surface area contributed by atoms with E-state index >= 15 is 0 Å². The molecule has 0 unspecified atom stereocenters. The molecule has 34 heavy (non-hydrogen) atoms. The molecule has 5 aromatic rings. The SMILES string of the molecule is O=c1c2cc(Br)ccc2nc(C2CCCCC2)n1N=Cc1c2ccccc2cc2ccccc12. The van der Waals surface area contributed by atoms with Gasteiger partial charge in [-0.15, -0.1) is 0 Å². The first-order chi connectivity index (χ1) is 16.7. The zero-order valence-electron chi connectivity index (χ0n) is 18.7. The lowest BCUT2D eigenvalue weighted by molar-refractivity contribution is 0.416. The molecule has 6 rings (SSSR count). The fourth-order valence-corrected chi connectivity index (χ4v) is 5.57. The second-order valence-electron chi connectivity index (χ2n) is 9.06. The summed E-state index contributed by atoms with van der Waals surface area (Å²) in [4.78, 5) is 18.6. The molecule has 1 heterocycles. The summed E-state index contributed by atoms with van der Waals surface area (Å²) in [6.07, 6.45) is 7.51. The quantitative estimate of drug-likeness (QED) is 0.188. The maximum absolute atomic E-state index is 13.7. The van der Waals surface area contributed by atoms with Gasteiger partial charge in [-0.25, -0.2) is 4.98 Å². The highest BCUT2D eigenvalue weighted by atomic mass is 79.9. The Morgan fingerprint density at radius 3 is 2.24 bits per heavy atom. The van der Waals surface area contributed by atoms with Crippen LogP contribution in [-0.2, 0) is 0 Å². The molecule has 0 aliphatic heterocycles. The van der Waals surface area contributed by atoms with Gasteiger partial charge in [-0.05, 0) is 58.7 Å². The molecule has 0 spiro atoms. The first kappa shape index (κ1) is 21.2. The maximum atomic E-state index is 13.7. The van der Waals surface area contributed by atoms with Crippen LogP contribution in [0, 0.1) is 0 Å². The average Bonchev–Trinajstić information content (AvgIpc) is 2.88. The minimum absolute atomic E-state index is 0.118. The molecule has 0 saturated heterocycles. The van der Waals surface area contributed by atoms with E-state index < -0.39 is 0 Å². The topological polar surface area (TPSA) is 47.2 Å². The molecule has 0 amide bonds. The first-order valence-electron chi connectivity index (χ1n) is 11.9. The summed E-state index contributed by atoms with van der Waals surface area (Å²) in [7, 11) is 0. The number of nitrogens with zero attached hydrogens (tertiary/aromatic N) is 3. The van der Waals surface area contributed by atoms with Crippen molar-refractivity contribution >= 4 is 54.6 Å². The van der Waals surface area contributed by atoms with Crippen LogP contribution in [0.3, 0.4) is 0 Å². The van der Waals surface area contributed by atoms with Gasteiger partial charge in [0.1, 0.15) is 5.82 Å². The van der Waals surface area contributed by atoms with Gasteiger partial charge in [0.25, 0.3) is 5.56 Å². The van der Waals surface area contributed by atoms with Crippen molar-refractivity contribution in [2.75, 3.05) is 0 Å². The molecule has 1 aliphatic rings. The lowest BCUT2D eigenvalue weighted by Crippen LogP contribution is -2.25. The third kappa shape index (κ3) is 3.74. The van der Waals surface area contributed by atoms with Crippen LogP contribution in [0.5, 0.6) is 0 Å². The van der Waals surface area contributed by atoms with Crippen LogP contribution in [0.25, 0.3) is 32.4 Å². The number of hydrogen-bond donors (Lipinski definition) is 0. The third-order valence-electron chi connectivity index (χ3n) is 6.92. The van der Waals surface area contributed by atoms with Crippen LogP contribution in [0.2, 0.25) is 0 Å². The number of rotatable bonds is 3. The predicted octanol–water partition coefficient (Wildman–Crippen LogP) is 7.40. The van der Waals surface area contributed by atoms with Gasteiger partial charge in [0.15, 0.2) is 0 Å². The van der Waals surface area contributed by atoms with E-state index in [1.54, 1.807) is 4.68 Å². The molecule has 1 fully saturated rings. The van der Waals surface area contributed by atoms with E-state index in [4.69, 9.17) is 10.1 Å². The summed E-state index contributed by atoms with van der Waals surface area (Å²) < 4.78 is 2.42. The second-order valence-corrected chi connectivity index (χ2v) is 9.98. The van der Waals surface area contributed by atoms with Crippen molar-refractivity contribution in [3.63, 3.8) is 0 Å². The van der Waals surface area contributed by atoms with Gasteiger partial charge in [-0.2, -0.15) is 9.78 Å². The molecule has 0 radical (unpaired) electrons. The smallest absolute Gasteiger partial charge is 0.267 e. The summed E-state index contributed by atoms with van der Waals surface area (Å²) in [5.74, 6) is 1.02. The summed E-state index contributed by atoms with van der Waals surface area (Å²) in [5.41, 5.74) is 1.63. The van der Waals surface area contributed by atoms with E-state index in [9.17, 15) is 4.79 Å². The lowest BCUT2D eigenvalue weighted by Gasteiger charge is -2.22. The Labute approximate surface area is 206 Å². The summed E-state index contributed by atoms with van der Waals surface area (Å²) in [5, 5.41) is 9.96. The molecule has 1 aliphatic carbocycles. The summed E-state index contributed by atoms with van der Waals surface area (Å²) in [6.45, 7) is 0. The Bertz CT molecular complexity index is 1580. The van der Waals surface area contributed by atoms with Gasteiger partial charge >= 0.3 is 0 Å². The molecule has 0 bridgehead atoms. The molecule has 1 saturated carbocycles. The monoisotopic (exact) mass is 509 g/mol. The minimum Gasteiger partial charge on any atom is -0.267 e. The van der Waals surface area contributed by atoms with Crippen LogP contribution < -0.4 is 5.56 Å². The average molecular weight is 510 g/mol. The molecule has 168 valence electrons. The molecule has 0 N–H and O–H groups in total. The Hall–Kier alpha value is -3.31. The van der Waals surface area contributed by atoms with Gasteiger partial charge < -0.3 is 0 Å². The molecular formula is C29H24BrN3O. The van der Waals surface area contributed by atoms with Crippen LogP contribution in [-0.4, -0.2) is 15.9 Å². The highest BCUT2D eigenvalue weighted by Gasteiger charge is 2.22. The fourth-order valence-electron chi connectivity index (χ4n) is 5.21. The number of benzene rings is 4.